The van der Waals surface area contributed by atoms with Crippen molar-refractivity contribution < 1.29 is 16.8 Å². The average molecular weight is 219 g/mol. The maximum Gasteiger partial charge on any atom is 0.407 e. The summed E-state index contributed by atoms with van der Waals surface area (Å²) in [6, 6.07) is 0. The predicted molar refractivity (Wildman–Crippen MR) is 47.3 cm³/mol. The van der Waals surface area contributed by atoms with Gasteiger partial charge in [0.25, 0.3) is 5.91 Å². The van der Waals surface area contributed by atoms with E-state index < -0.39 is 16.3 Å². The monoisotopic (exact) mass is 219 g/mol. The summed E-state index contributed by atoms with van der Waals surface area (Å²) in [6.07, 6.45) is 4.50. The maximum absolute atomic E-state index is 10.8. The molecule has 14 heavy (non-hydrogen) atoms. The number of hydrogen-bond donors (Lipinski definition) is 1. The molecular weight excluding hydrogens is 206 g/mol. The fourth-order valence-corrected chi connectivity index (χ4v) is 3.83. The fraction of sp³-hybridized carbons (Fsp3) is 1.00. The molecule has 80 valence electrons. The number of hydrogen-bond acceptors (Lipinski definition) is 5. The van der Waals surface area contributed by atoms with Gasteiger partial charge in [-0.2, -0.15) is 16.8 Å². The number of nitrogens with one attached hydrogen (secondary N) is 1. The molecule has 0 aromatic rings. The Kier molecular flexibility index (Phi) is 1.75. The molecule has 3 rings (SSSR count). The van der Waals surface area contributed by atoms with Gasteiger partial charge in [0, 0.05) is 12.5 Å². The van der Waals surface area contributed by atoms with E-state index >= 15 is 0 Å². The molecule has 0 amide bonds. The standard InChI is InChI=1S/C8H13NO4S/c10-14(11)12-8(13-14)7-4-2-1-3-6(7)5-9-8/h6-7,9H,1-5H2. The lowest BCUT2D eigenvalue weighted by atomic mass is 9.80. The Morgan fingerprint density at radius 1 is 1.21 bits per heavy atom. The molecule has 0 aromatic heterocycles. The molecule has 1 saturated carbocycles. The van der Waals surface area contributed by atoms with Gasteiger partial charge in [0.1, 0.15) is 0 Å². The molecule has 1 spiro atoms. The second kappa shape index (κ2) is 2.69. The van der Waals surface area contributed by atoms with E-state index in [1.54, 1.807) is 0 Å². The van der Waals surface area contributed by atoms with E-state index in [4.69, 9.17) is 8.37 Å². The van der Waals surface area contributed by atoms with Gasteiger partial charge >= 0.3 is 10.4 Å². The third-order valence-corrected chi connectivity index (χ3v) is 4.36. The van der Waals surface area contributed by atoms with Crippen molar-refractivity contribution in [2.45, 2.75) is 31.6 Å². The molecule has 1 aliphatic carbocycles. The molecule has 0 bridgehead atoms. The minimum absolute atomic E-state index is 0.208. The van der Waals surface area contributed by atoms with Crippen molar-refractivity contribution in [1.82, 2.24) is 5.32 Å². The van der Waals surface area contributed by atoms with Gasteiger partial charge in [-0.3, -0.25) is 5.32 Å². The molecular formula is C8H13NO4S. The zero-order valence-corrected chi connectivity index (χ0v) is 8.55. The first-order chi connectivity index (χ1) is 6.61. The Bertz CT molecular complexity index is 340. The molecule has 2 aliphatic heterocycles. The van der Waals surface area contributed by atoms with E-state index in [0.29, 0.717) is 5.92 Å². The largest absolute Gasteiger partial charge is 0.407 e. The maximum atomic E-state index is 10.8. The van der Waals surface area contributed by atoms with Crippen LogP contribution in [-0.4, -0.2) is 20.9 Å². The van der Waals surface area contributed by atoms with E-state index in [0.717, 1.165) is 25.8 Å². The van der Waals surface area contributed by atoms with Crippen LogP contribution in [0.15, 0.2) is 0 Å². The number of rotatable bonds is 0. The first kappa shape index (κ1) is 9.08. The molecule has 0 aromatic carbocycles. The number of fused-ring (bicyclic) bond motifs is 2. The quantitative estimate of drug-likeness (QED) is 0.636. The van der Waals surface area contributed by atoms with Crippen molar-refractivity contribution in [3.8, 4) is 0 Å². The zero-order chi connectivity index (χ0) is 9.81. The Hall–Kier alpha value is -0.170. The zero-order valence-electron chi connectivity index (χ0n) is 7.73. The summed E-state index contributed by atoms with van der Waals surface area (Å²) in [5.74, 6) is -0.275. The summed E-state index contributed by atoms with van der Waals surface area (Å²) in [5, 5.41) is 3.04. The minimum atomic E-state index is -3.69. The SMILES string of the molecule is O=S1(=O)OC2(NCC3CCCCC32)O1. The van der Waals surface area contributed by atoms with Gasteiger partial charge in [-0.25, -0.2) is 0 Å². The van der Waals surface area contributed by atoms with Gasteiger partial charge in [-0.15, -0.1) is 0 Å². The Labute approximate surface area is 83.1 Å². The van der Waals surface area contributed by atoms with Crippen LogP contribution in [0.2, 0.25) is 0 Å². The Morgan fingerprint density at radius 2 is 1.93 bits per heavy atom. The Balaban J connectivity index is 1.83. The summed E-state index contributed by atoms with van der Waals surface area (Å²) in [6.45, 7) is 0.806. The predicted octanol–water partition coefficient (Wildman–Crippen LogP) is 0.341. The van der Waals surface area contributed by atoms with Crippen molar-refractivity contribution in [1.29, 1.82) is 0 Å². The second-order valence-electron chi connectivity index (χ2n) is 4.27. The summed E-state index contributed by atoms with van der Waals surface area (Å²) >= 11 is 0. The lowest BCUT2D eigenvalue weighted by Crippen LogP contribution is -2.61. The van der Waals surface area contributed by atoms with Crippen LogP contribution >= 0.6 is 0 Å². The smallest absolute Gasteiger partial charge is 0.263 e. The van der Waals surface area contributed by atoms with Gasteiger partial charge in [0.05, 0.1) is 0 Å². The first-order valence-corrected chi connectivity index (χ1v) is 6.36. The van der Waals surface area contributed by atoms with Crippen molar-refractivity contribution in [3.05, 3.63) is 0 Å². The summed E-state index contributed by atoms with van der Waals surface area (Å²) in [5.41, 5.74) is 0. The van der Waals surface area contributed by atoms with Crippen molar-refractivity contribution in [2.75, 3.05) is 6.54 Å². The van der Waals surface area contributed by atoms with Gasteiger partial charge < -0.3 is 0 Å². The highest BCUT2D eigenvalue weighted by Crippen LogP contribution is 2.48. The molecule has 2 unspecified atom stereocenters. The van der Waals surface area contributed by atoms with Gasteiger partial charge in [0.2, 0.25) is 0 Å². The highest BCUT2D eigenvalue weighted by atomic mass is 32.3. The van der Waals surface area contributed by atoms with E-state index in [1.807, 2.05) is 0 Å². The summed E-state index contributed by atoms with van der Waals surface area (Å²) in [7, 11) is -3.69. The lowest BCUT2D eigenvalue weighted by Gasteiger charge is -2.42. The molecule has 3 fully saturated rings. The lowest BCUT2D eigenvalue weighted by molar-refractivity contribution is -0.232. The molecule has 3 aliphatic rings. The molecule has 1 N–H and O–H groups in total. The first-order valence-electron chi connectivity index (χ1n) is 5.03. The summed E-state index contributed by atoms with van der Waals surface area (Å²) in [4.78, 5) is 0. The normalized spacial score (nSPS) is 43.1. The molecule has 2 saturated heterocycles. The highest BCUT2D eigenvalue weighted by molar-refractivity contribution is 7.82. The highest BCUT2D eigenvalue weighted by Gasteiger charge is 2.62. The molecule has 2 heterocycles. The molecule has 5 nitrogen and oxygen atoms in total. The van der Waals surface area contributed by atoms with Crippen molar-refractivity contribution in [3.63, 3.8) is 0 Å². The van der Waals surface area contributed by atoms with Gasteiger partial charge in [-0.1, -0.05) is 12.8 Å². The second-order valence-corrected chi connectivity index (χ2v) is 5.42. The van der Waals surface area contributed by atoms with Crippen LogP contribution in [0.4, 0.5) is 0 Å². The van der Waals surface area contributed by atoms with Crippen molar-refractivity contribution in [2.24, 2.45) is 11.8 Å². The molecule has 0 radical (unpaired) electrons. The van der Waals surface area contributed by atoms with Crippen LogP contribution in [-0.2, 0) is 18.8 Å². The van der Waals surface area contributed by atoms with Gasteiger partial charge in [0.15, 0.2) is 0 Å². The Morgan fingerprint density at radius 3 is 2.64 bits per heavy atom. The van der Waals surface area contributed by atoms with Crippen LogP contribution in [0.25, 0.3) is 0 Å². The third-order valence-electron chi connectivity index (χ3n) is 3.46. The van der Waals surface area contributed by atoms with E-state index in [-0.39, 0.29) is 5.92 Å². The van der Waals surface area contributed by atoms with Crippen molar-refractivity contribution >= 4 is 10.4 Å². The van der Waals surface area contributed by atoms with E-state index in [1.165, 1.54) is 6.42 Å². The van der Waals surface area contributed by atoms with Crippen LogP contribution in [0.1, 0.15) is 25.7 Å². The molecule has 2 atom stereocenters. The summed E-state index contributed by atoms with van der Waals surface area (Å²) < 4.78 is 31.4. The average Bonchev–Trinajstić information content (AvgIpc) is 2.44. The minimum Gasteiger partial charge on any atom is -0.263 e. The molecule has 6 heteroatoms. The third kappa shape index (κ3) is 1.14. The van der Waals surface area contributed by atoms with Gasteiger partial charge in [-0.05, 0) is 18.8 Å². The van der Waals surface area contributed by atoms with E-state index in [2.05, 4.69) is 5.32 Å². The fourth-order valence-electron chi connectivity index (χ4n) is 2.85. The van der Waals surface area contributed by atoms with Crippen LogP contribution in [0, 0.1) is 11.8 Å². The topological polar surface area (TPSA) is 64.6 Å². The van der Waals surface area contributed by atoms with Crippen LogP contribution in [0.3, 0.4) is 0 Å². The van der Waals surface area contributed by atoms with Crippen LogP contribution in [0.5, 0.6) is 0 Å². The van der Waals surface area contributed by atoms with E-state index in [9.17, 15) is 8.42 Å². The van der Waals surface area contributed by atoms with Crippen LogP contribution < -0.4 is 5.32 Å².